The van der Waals surface area contributed by atoms with Crippen molar-refractivity contribution in [2.24, 2.45) is 4.99 Å². The van der Waals surface area contributed by atoms with Gasteiger partial charge in [-0.05, 0) is 42.7 Å². The van der Waals surface area contributed by atoms with Crippen molar-refractivity contribution in [3.05, 3.63) is 71.1 Å². The van der Waals surface area contributed by atoms with Crippen LogP contribution in [0.2, 0.25) is 5.02 Å². The minimum Gasteiger partial charge on any atom is -0.356 e. The molecule has 148 valence electrons. The molecule has 1 aliphatic rings. The van der Waals surface area contributed by atoms with E-state index in [0.29, 0.717) is 0 Å². The zero-order valence-corrected chi connectivity index (χ0v) is 18.9. The molecule has 0 radical (unpaired) electrons. The van der Waals surface area contributed by atoms with Gasteiger partial charge in [-0.2, -0.15) is 0 Å². The zero-order valence-electron chi connectivity index (χ0n) is 15.9. The van der Waals surface area contributed by atoms with Crippen LogP contribution >= 0.6 is 35.6 Å². The lowest BCUT2D eigenvalue weighted by Gasteiger charge is -2.19. The summed E-state index contributed by atoms with van der Waals surface area (Å²) in [6.07, 6.45) is 7.30. The largest absolute Gasteiger partial charge is 0.356 e. The average molecular weight is 510 g/mol. The first-order valence-corrected chi connectivity index (χ1v) is 9.70. The number of rotatable bonds is 6. The van der Waals surface area contributed by atoms with Crippen LogP contribution in [0.3, 0.4) is 0 Å². The summed E-state index contributed by atoms with van der Waals surface area (Å²) >= 11 is 6.16. The third kappa shape index (κ3) is 4.78. The lowest BCUT2D eigenvalue weighted by atomic mass is 9.96. The molecule has 7 heteroatoms. The van der Waals surface area contributed by atoms with Crippen LogP contribution in [0.15, 0.2) is 59.9 Å². The molecule has 5 nitrogen and oxygen atoms in total. The second-order valence-electron chi connectivity index (χ2n) is 7.09. The van der Waals surface area contributed by atoms with Crippen LogP contribution in [0.25, 0.3) is 5.65 Å². The molecule has 0 atom stereocenters. The van der Waals surface area contributed by atoms with Gasteiger partial charge in [0, 0.05) is 49.4 Å². The highest BCUT2D eigenvalue weighted by atomic mass is 127. The SMILES string of the molecule is CN=C(NCCc1cn2ccccc2n1)NCC1(c2cccc(Cl)c2)CC1.I. The highest BCUT2D eigenvalue weighted by Crippen LogP contribution is 2.48. The molecule has 0 spiro atoms. The van der Waals surface area contributed by atoms with Gasteiger partial charge >= 0.3 is 0 Å². The maximum Gasteiger partial charge on any atom is 0.191 e. The van der Waals surface area contributed by atoms with E-state index in [2.05, 4.69) is 38.9 Å². The number of halogens is 2. The molecular formula is C21H25ClIN5. The highest BCUT2D eigenvalue weighted by Gasteiger charge is 2.44. The third-order valence-electron chi connectivity index (χ3n) is 5.20. The summed E-state index contributed by atoms with van der Waals surface area (Å²) in [7, 11) is 1.80. The topological polar surface area (TPSA) is 53.7 Å². The molecule has 0 bridgehead atoms. The molecule has 1 aromatic carbocycles. The van der Waals surface area contributed by atoms with E-state index in [-0.39, 0.29) is 29.4 Å². The first kappa shape index (κ1) is 20.9. The number of nitrogens with one attached hydrogen (secondary N) is 2. The molecule has 2 aromatic heterocycles. The van der Waals surface area contributed by atoms with E-state index in [1.54, 1.807) is 7.05 Å². The van der Waals surface area contributed by atoms with E-state index < -0.39 is 0 Å². The van der Waals surface area contributed by atoms with Crippen LogP contribution in [0, 0.1) is 0 Å². The number of aliphatic imine (C=N–C) groups is 1. The minimum absolute atomic E-state index is 0. The van der Waals surface area contributed by atoms with Gasteiger partial charge in [-0.15, -0.1) is 24.0 Å². The molecule has 3 aromatic rings. The van der Waals surface area contributed by atoms with Crippen molar-refractivity contribution < 1.29 is 0 Å². The first-order valence-electron chi connectivity index (χ1n) is 9.32. The number of nitrogens with zero attached hydrogens (tertiary/aromatic N) is 3. The van der Waals surface area contributed by atoms with Crippen molar-refractivity contribution in [1.82, 2.24) is 20.0 Å². The van der Waals surface area contributed by atoms with E-state index in [1.807, 2.05) is 40.9 Å². The quantitative estimate of drug-likeness (QED) is 0.300. The fraction of sp³-hybridized carbons (Fsp3) is 0.333. The van der Waals surface area contributed by atoms with Crippen molar-refractivity contribution in [2.75, 3.05) is 20.1 Å². The summed E-state index contributed by atoms with van der Waals surface area (Å²) < 4.78 is 2.05. The predicted molar refractivity (Wildman–Crippen MR) is 126 cm³/mol. The molecule has 0 aliphatic heterocycles. The summed E-state index contributed by atoms with van der Waals surface area (Å²) in [5.41, 5.74) is 3.54. The molecule has 1 fully saturated rings. The zero-order chi connectivity index (χ0) is 18.7. The summed E-state index contributed by atoms with van der Waals surface area (Å²) in [5.74, 6) is 0.826. The molecule has 2 heterocycles. The van der Waals surface area contributed by atoms with Gasteiger partial charge in [0.2, 0.25) is 0 Å². The fourth-order valence-electron chi connectivity index (χ4n) is 3.43. The average Bonchev–Trinajstić information content (AvgIpc) is 3.36. The standard InChI is InChI=1S/C21H24ClN5.HI/c1-23-20(24-11-8-18-14-27-12-3-2-7-19(27)26-18)25-15-21(9-10-21)16-5-4-6-17(22)13-16;/h2-7,12-14H,8-11,15H2,1H3,(H2,23,24,25);1H. The van der Waals surface area contributed by atoms with Gasteiger partial charge in [-0.25, -0.2) is 4.98 Å². The number of hydrogen-bond acceptors (Lipinski definition) is 2. The smallest absolute Gasteiger partial charge is 0.191 e. The summed E-state index contributed by atoms with van der Waals surface area (Å²) in [6.45, 7) is 1.65. The Bertz CT molecular complexity index is 931. The Morgan fingerprint density at radius 1 is 1.21 bits per heavy atom. The van der Waals surface area contributed by atoms with Crippen molar-refractivity contribution in [2.45, 2.75) is 24.7 Å². The van der Waals surface area contributed by atoms with Crippen molar-refractivity contribution in [3.63, 3.8) is 0 Å². The second kappa shape index (κ2) is 9.13. The Morgan fingerprint density at radius 3 is 2.79 bits per heavy atom. The number of benzene rings is 1. The molecule has 28 heavy (non-hydrogen) atoms. The molecule has 4 rings (SSSR count). The molecule has 2 N–H and O–H groups in total. The first-order chi connectivity index (χ1) is 13.2. The monoisotopic (exact) mass is 509 g/mol. The number of pyridine rings is 1. The minimum atomic E-state index is 0. The van der Waals surface area contributed by atoms with E-state index in [9.17, 15) is 0 Å². The molecule has 1 aliphatic carbocycles. The van der Waals surface area contributed by atoms with Gasteiger partial charge in [0.1, 0.15) is 5.65 Å². The van der Waals surface area contributed by atoms with Gasteiger partial charge in [0.15, 0.2) is 5.96 Å². The molecule has 0 amide bonds. The Hall–Kier alpha value is -1.80. The summed E-state index contributed by atoms with van der Waals surface area (Å²) in [4.78, 5) is 8.98. The number of guanidine groups is 1. The van der Waals surface area contributed by atoms with Gasteiger partial charge in [0.05, 0.1) is 5.69 Å². The lowest BCUT2D eigenvalue weighted by molar-refractivity contribution is 0.645. The van der Waals surface area contributed by atoms with Crippen molar-refractivity contribution in [3.8, 4) is 0 Å². The Balaban J connectivity index is 0.00000225. The Labute approximate surface area is 187 Å². The predicted octanol–water partition coefficient (Wildman–Crippen LogP) is 4.05. The number of aromatic nitrogens is 2. The molecular weight excluding hydrogens is 485 g/mol. The summed E-state index contributed by atoms with van der Waals surface area (Å²) in [5, 5.41) is 7.66. The van der Waals surface area contributed by atoms with E-state index >= 15 is 0 Å². The van der Waals surface area contributed by atoms with Gasteiger partial charge < -0.3 is 15.0 Å². The number of hydrogen-bond donors (Lipinski definition) is 2. The maximum atomic E-state index is 6.16. The van der Waals surface area contributed by atoms with Crippen LogP contribution in [0.4, 0.5) is 0 Å². The second-order valence-corrected chi connectivity index (χ2v) is 7.53. The molecule has 1 saturated carbocycles. The van der Waals surface area contributed by atoms with Gasteiger partial charge in [-0.1, -0.05) is 29.8 Å². The van der Waals surface area contributed by atoms with Crippen LogP contribution in [0.5, 0.6) is 0 Å². The number of fused-ring (bicyclic) bond motifs is 1. The van der Waals surface area contributed by atoms with Crippen molar-refractivity contribution in [1.29, 1.82) is 0 Å². The van der Waals surface area contributed by atoms with Gasteiger partial charge in [-0.3, -0.25) is 4.99 Å². The van der Waals surface area contributed by atoms with E-state index in [1.165, 1.54) is 18.4 Å². The van der Waals surface area contributed by atoms with Crippen LogP contribution < -0.4 is 10.6 Å². The Morgan fingerprint density at radius 2 is 2.07 bits per heavy atom. The lowest BCUT2D eigenvalue weighted by Crippen LogP contribution is -2.42. The Kier molecular flexibility index (Phi) is 6.82. The molecule has 0 saturated heterocycles. The number of imidazole rings is 1. The van der Waals surface area contributed by atoms with Crippen molar-refractivity contribution >= 4 is 47.2 Å². The third-order valence-corrected chi connectivity index (χ3v) is 5.43. The van der Waals surface area contributed by atoms with Crippen LogP contribution in [-0.2, 0) is 11.8 Å². The van der Waals surface area contributed by atoms with Gasteiger partial charge in [0.25, 0.3) is 0 Å². The maximum absolute atomic E-state index is 6.16. The fourth-order valence-corrected chi connectivity index (χ4v) is 3.62. The van der Waals surface area contributed by atoms with E-state index in [0.717, 1.165) is 41.8 Å². The van der Waals surface area contributed by atoms with E-state index in [4.69, 9.17) is 11.6 Å². The molecule has 0 unspecified atom stereocenters. The van der Waals surface area contributed by atoms with Crippen LogP contribution in [0.1, 0.15) is 24.1 Å². The van der Waals surface area contributed by atoms with Crippen LogP contribution in [-0.4, -0.2) is 35.5 Å². The highest BCUT2D eigenvalue weighted by molar-refractivity contribution is 14.0. The summed E-state index contributed by atoms with van der Waals surface area (Å²) in [6, 6.07) is 14.2. The normalized spacial score (nSPS) is 15.1.